The van der Waals surface area contributed by atoms with E-state index < -0.39 is 0 Å². The van der Waals surface area contributed by atoms with Gasteiger partial charge >= 0.3 is 0 Å². The molecule has 96 valence electrons. The molecular formula is C13H17N3OS. The van der Waals surface area contributed by atoms with Crippen LogP contribution in [0.3, 0.4) is 0 Å². The fourth-order valence-corrected chi connectivity index (χ4v) is 3.20. The van der Waals surface area contributed by atoms with Gasteiger partial charge in [-0.1, -0.05) is 0 Å². The van der Waals surface area contributed by atoms with Crippen molar-refractivity contribution < 1.29 is 4.79 Å². The highest BCUT2D eigenvalue weighted by atomic mass is 32.2. The van der Waals surface area contributed by atoms with Crippen molar-refractivity contribution in [2.75, 3.05) is 5.32 Å². The van der Waals surface area contributed by atoms with Gasteiger partial charge in [-0.25, -0.2) is 4.98 Å². The van der Waals surface area contributed by atoms with Crippen molar-refractivity contribution in [3.8, 4) is 0 Å². The summed E-state index contributed by atoms with van der Waals surface area (Å²) in [5, 5.41) is 9.16. The lowest BCUT2D eigenvalue weighted by Gasteiger charge is -2.20. The lowest BCUT2D eigenvalue weighted by atomic mass is 9.88. The summed E-state index contributed by atoms with van der Waals surface area (Å²) in [6.45, 7) is 0. The number of anilines is 1. The van der Waals surface area contributed by atoms with Gasteiger partial charge in [0.15, 0.2) is 0 Å². The summed E-state index contributed by atoms with van der Waals surface area (Å²) in [4.78, 5) is 16.2. The van der Waals surface area contributed by atoms with Crippen molar-refractivity contribution in [3.63, 3.8) is 0 Å². The van der Waals surface area contributed by atoms with Gasteiger partial charge in [0.2, 0.25) is 5.91 Å². The minimum absolute atomic E-state index is 0.152. The first-order chi connectivity index (χ1) is 8.76. The second-order valence-electron chi connectivity index (χ2n) is 5.26. The number of hydrogen-bond acceptors (Lipinski definition) is 4. The smallest absolute Gasteiger partial charge is 0.227 e. The number of hydrogen-bond donors (Lipinski definition) is 2. The van der Waals surface area contributed by atoms with Crippen molar-refractivity contribution in [3.05, 3.63) is 18.3 Å². The van der Waals surface area contributed by atoms with Crippen LogP contribution in [0.15, 0.2) is 23.4 Å². The van der Waals surface area contributed by atoms with Crippen molar-refractivity contribution in [1.29, 1.82) is 0 Å². The number of pyridine rings is 1. The molecule has 2 saturated carbocycles. The first-order valence-electron chi connectivity index (χ1n) is 6.40. The van der Waals surface area contributed by atoms with E-state index in [-0.39, 0.29) is 11.8 Å². The molecule has 3 unspecified atom stereocenters. The van der Waals surface area contributed by atoms with Gasteiger partial charge in [-0.2, -0.15) is 0 Å². The Morgan fingerprint density at radius 2 is 2.28 bits per heavy atom. The normalized spacial score (nSPS) is 29.5. The quantitative estimate of drug-likeness (QED) is 0.822. The van der Waals surface area contributed by atoms with Gasteiger partial charge in [0.1, 0.15) is 5.03 Å². The first kappa shape index (κ1) is 12.0. The number of aromatic nitrogens is 1. The van der Waals surface area contributed by atoms with Crippen LogP contribution in [-0.2, 0) is 4.79 Å². The van der Waals surface area contributed by atoms with Crippen LogP contribution in [-0.4, -0.2) is 10.9 Å². The van der Waals surface area contributed by atoms with Gasteiger partial charge in [-0.3, -0.25) is 9.93 Å². The summed E-state index contributed by atoms with van der Waals surface area (Å²) in [7, 11) is 0. The topological polar surface area (TPSA) is 68.0 Å². The van der Waals surface area contributed by atoms with Crippen molar-refractivity contribution >= 4 is 23.5 Å². The SMILES string of the molecule is NSc1cc(NC(=O)C2CCC3CC3C2)ccn1. The summed E-state index contributed by atoms with van der Waals surface area (Å²) >= 11 is 1.09. The molecule has 2 aliphatic rings. The molecule has 0 aliphatic heterocycles. The van der Waals surface area contributed by atoms with Crippen molar-refractivity contribution in [2.24, 2.45) is 22.9 Å². The fourth-order valence-electron chi connectivity index (χ4n) is 2.89. The van der Waals surface area contributed by atoms with Crippen molar-refractivity contribution in [1.82, 2.24) is 4.98 Å². The van der Waals surface area contributed by atoms with Crippen LogP contribution in [0.1, 0.15) is 25.7 Å². The molecule has 2 fully saturated rings. The van der Waals surface area contributed by atoms with Gasteiger partial charge in [-0.05, 0) is 61.6 Å². The zero-order valence-corrected chi connectivity index (χ0v) is 11.0. The number of rotatable bonds is 3. The van der Waals surface area contributed by atoms with E-state index in [0.717, 1.165) is 47.3 Å². The second-order valence-corrected chi connectivity index (χ2v) is 5.91. The molecule has 4 nitrogen and oxygen atoms in total. The molecule has 0 radical (unpaired) electrons. The third kappa shape index (κ3) is 2.52. The Hall–Kier alpha value is -1.07. The predicted octanol–water partition coefficient (Wildman–Crippen LogP) is 2.42. The van der Waals surface area contributed by atoms with Crippen molar-refractivity contribution in [2.45, 2.75) is 30.7 Å². The van der Waals surface area contributed by atoms with Gasteiger partial charge in [0.05, 0.1) is 0 Å². The number of nitrogens with zero attached hydrogens (tertiary/aromatic N) is 1. The van der Waals surface area contributed by atoms with E-state index in [2.05, 4.69) is 10.3 Å². The molecule has 3 atom stereocenters. The lowest BCUT2D eigenvalue weighted by molar-refractivity contribution is -0.120. The molecule has 0 spiro atoms. The molecule has 0 saturated heterocycles. The minimum Gasteiger partial charge on any atom is -0.326 e. The van der Waals surface area contributed by atoms with Crippen LogP contribution in [0.4, 0.5) is 5.69 Å². The van der Waals surface area contributed by atoms with Gasteiger partial charge < -0.3 is 5.32 Å². The zero-order valence-electron chi connectivity index (χ0n) is 10.1. The molecule has 1 amide bonds. The molecule has 18 heavy (non-hydrogen) atoms. The Morgan fingerprint density at radius 3 is 3.06 bits per heavy atom. The van der Waals surface area contributed by atoms with E-state index in [1.807, 2.05) is 6.07 Å². The molecule has 0 aromatic carbocycles. The average Bonchev–Trinajstić information content (AvgIpc) is 3.17. The van der Waals surface area contributed by atoms with Crippen LogP contribution < -0.4 is 10.5 Å². The zero-order chi connectivity index (χ0) is 12.5. The van der Waals surface area contributed by atoms with Crippen LogP contribution in [0.5, 0.6) is 0 Å². The number of fused-ring (bicyclic) bond motifs is 1. The maximum Gasteiger partial charge on any atom is 0.227 e. The van der Waals surface area contributed by atoms with E-state index in [4.69, 9.17) is 5.14 Å². The Morgan fingerprint density at radius 1 is 1.39 bits per heavy atom. The lowest BCUT2D eigenvalue weighted by Crippen LogP contribution is -2.25. The number of carbonyl (C=O) groups is 1. The largest absolute Gasteiger partial charge is 0.326 e. The van der Waals surface area contributed by atoms with E-state index >= 15 is 0 Å². The highest BCUT2D eigenvalue weighted by molar-refractivity contribution is 7.97. The van der Waals surface area contributed by atoms with E-state index in [9.17, 15) is 4.79 Å². The number of carbonyl (C=O) groups excluding carboxylic acids is 1. The molecule has 3 N–H and O–H groups in total. The summed E-state index contributed by atoms with van der Waals surface area (Å²) in [5.41, 5.74) is 0.792. The van der Waals surface area contributed by atoms with E-state index in [1.165, 1.54) is 12.8 Å². The fraction of sp³-hybridized carbons (Fsp3) is 0.538. The van der Waals surface area contributed by atoms with Gasteiger partial charge in [0, 0.05) is 17.8 Å². The highest BCUT2D eigenvalue weighted by Gasteiger charge is 2.43. The molecule has 1 heterocycles. The Labute approximate surface area is 111 Å². The third-order valence-electron chi connectivity index (χ3n) is 4.04. The predicted molar refractivity (Wildman–Crippen MR) is 71.8 cm³/mol. The number of nitrogens with one attached hydrogen (secondary N) is 1. The number of nitrogens with two attached hydrogens (primary N) is 1. The van der Waals surface area contributed by atoms with E-state index in [0.29, 0.717) is 0 Å². The molecule has 1 aromatic heterocycles. The Kier molecular flexibility index (Phi) is 3.26. The maximum atomic E-state index is 12.2. The van der Waals surface area contributed by atoms with Gasteiger partial charge in [-0.15, -0.1) is 0 Å². The van der Waals surface area contributed by atoms with E-state index in [1.54, 1.807) is 12.3 Å². The Balaban J connectivity index is 1.62. The molecular weight excluding hydrogens is 246 g/mol. The summed E-state index contributed by atoms with van der Waals surface area (Å²) in [6.07, 6.45) is 6.34. The molecule has 1 aromatic rings. The highest BCUT2D eigenvalue weighted by Crippen LogP contribution is 2.51. The summed E-state index contributed by atoms with van der Waals surface area (Å²) < 4.78 is 0. The van der Waals surface area contributed by atoms with Crippen LogP contribution in [0.25, 0.3) is 0 Å². The summed E-state index contributed by atoms with van der Waals surface area (Å²) in [5.74, 6) is 2.09. The number of amides is 1. The molecule has 2 aliphatic carbocycles. The second kappa shape index (κ2) is 4.90. The molecule has 5 heteroatoms. The molecule has 3 rings (SSSR count). The average molecular weight is 263 g/mol. The molecule has 0 bridgehead atoms. The third-order valence-corrected chi connectivity index (χ3v) is 4.50. The van der Waals surface area contributed by atoms with Crippen LogP contribution in [0, 0.1) is 17.8 Å². The standard InChI is InChI=1S/C13H17N3OS/c14-18-12-7-11(3-4-15-12)16-13(17)9-2-1-8-5-10(8)6-9/h3-4,7-10H,1-2,5-6,14H2,(H,15,16,17). The Bertz CT molecular complexity index is 465. The van der Waals surface area contributed by atoms with Crippen LogP contribution in [0.2, 0.25) is 0 Å². The minimum atomic E-state index is 0.152. The first-order valence-corrected chi connectivity index (χ1v) is 7.28. The monoisotopic (exact) mass is 263 g/mol. The van der Waals surface area contributed by atoms with Crippen LogP contribution >= 0.6 is 11.9 Å². The van der Waals surface area contributed by atoms with Gasteiger partial charge in [0.25, 0.3) is 0 Å². The maximum absolute atomic E-state index is 12.2. The summed E-state index contributed by atoms with van der Waals surface area (Å²) in [6, 6.07) is 3.62.